The van der Waals surface area contributed by atoms with Crippen LogP contribution in [0.1, 0.15) is 33.6 Å². The molecule has 0 spiro atoms. The van der Waals surface area contributed by atoms with Gasteiger partial charge in [0.15, 0.2) is 0 Å². The Labute approximate surface area is 144 Å². The second kappa shape index (κ2) is 7.98. The van der Waals surface area contributed by atoms with Gasteiger partial charge in [-0.3, -0.25) is 4.79 Å². The molecule has 1 aliphatic rings. The maximum Gasteiger partial charge on any atom is 0.243 e. The molecule has 0 atom stereocenters. The zero-order valence-corrected chi connectivity index (χ0v) is 15.3. The summed E-state index contributed by atoms with van der Waals surface area (Å²) in [5.74, 6) is 0.616. The molecule has 0 unspecified atom stereocenters. The molecule has 134 valence electrons. The van der Waals surface area contributed by atoms with Crippen molar-refractivity contribution in [1.82, 2.24) is 9.62 Å². The van der Waals surface area contributed by atoms with Crippen LogP contribution < -0.4 is 10.1 Å². The van der Waals surface area contributed by atoms with E-state index in [4.69, 9.17) is 4.74 Å². The lowest BCUT2D eigenvalue weighted by Gasteiger charge is -2.32. The number of nitrogens with zero attached hydrogens (tertiary/aromatic N) is 1. The second-order valence-corrected chi connectivity index (χ2v) is 8.18. The summed E-state index contributed by atoms with van der Waals surface area (Å²) in [4.78, 5) is 12.0. The van der Waals surface area contributed by atoms with Crippen LogP contribution in [0, 0.1) is 5.92 Å². The molecule has 1 fully saturated rings. The Morgan fingerprint density at radius 2 is 1.83 bits per heavy atom. The Kier molecular flexibility index (Phi) is 6.23. The zero-order valence-electron chi connectivity index (χ0n) is 14.5. The fraction of sp³-hybridized carbons (Fsp3) is 0.588. The van der Waals surface area contributed by atoms with Gasteiger partial charge in [0.1, 0.15) is 5.75 Å². The van der Waals surface area contributed by atoms with Gasteiger partial charge in [0, 0.05) is 25.0 Å². The lowest BCUT2D eigenvalue weighted by Crippen LogP contribution is -2.47. The van der Waals surface area contributed by atoms with Gasteiger partial charge in [0.05, 0.1) is 11.5 Å². The molecule has 1 aromatic carbocycles. The number of sulfonamides is 1. The number of benzene rings is 1. The first-order chi connectivity index (χ1) is 11.3. The van der Waals surface area contributed by atoms with Crippen LogP contribution in [0.25, 0.3) is 0 Å². The topological polar surface area (TPSA) is 75.7 Å². The molecule has 1 heterocycles. The van der Waals surface area contributed by atoms with E-state index in [1.807, 2.05) is 20.8 Å². The van der Waals surface area contributed by atoms with Crippen molar-refractivity contribution < 1.29 is 17.9 Å². The maximum atomic E-state index is 12.7. The Bertz CT molecular complexity index is 648. The third-order valence-electron chi connectivity index (χ3n) is 4.10. The number of hydrogen-bond acceptors (Lipinski definition) is 4. The molecule has 1 amide bonds. The molecule has 0 bridgehead atoms. The SMILES string of the molecule is CCOc1ccc(S(=O)(=O)N2CCC(NC(=O)C(C)C)CC2)cc1. The number of ether oxygens (including phenoxy) is 1. The number of rotatable bonds is 6. The monoisotopic (exact) mass is 354 g/mol. The summed E-state index contributed by atoms with van der Waals surface area (Å²) in [6, 6.07) is 6.55. The van der Waals surface area contributed by atoms with Crippen molar-refractivity contribution in [3.8, 4) is 5.75 Å². The fourth-order valence-electron chi connectivity index (χ4n) is 2.63. The predicted molar refractivity (Wildman–Crippen MR) is 92.4 cm³/mol. The van der Waals surface area contributed by atoms with E-state index in [-0.39, 0.29) is 22.8 Å². The van der Waals surface area contributed by atoms with E-state index in [9.17, 15) is 13.2 Å². The smallest absolute Gasteiger partial charge is 0.243 e. The van der Waals surface area contributed by atoms with Gasteiger partial charge in [0.25, 0.3) is 0 Å². The van der Waals surface area contributed by atoms with Gasteiger partial charge in [-0.15, -0.1) is 0 Å². The number of piperidine rings is 1. The van der Waals surface area contributed by atoms with Crippen molar-refractivity contribution in [3.05, 3.63) is 24.3 Å². The van der Waals surface area contributed by atoms with E-state index in [0.717, 1.165) is 0 Å². The third kappa shape index (κ3) is 4.48. The molecule has 1 aromatic rings. The summed E-state index contributed by atoms with van der Waals surface area (Å²) in [6.45, 7) is 6.95. The van der Waals surface area contributed by atoms with Crippen molar-refractivity contribution in [2.45, 2.75) is 44.6 Å². The van der Waals surface area contributed by atoms with Crippen LogP contribution in [0.4, 0.5) is 0 Å². The molecule has 2 rings (SSSR count). The first-order valence-electron chi connectivity index (χ1n) is 8.38. The van der Waals surface area contributed by atoms with E-state index >= 15 is 0 Å². The molecule has 1 saturated heterocycles. The summed E-state index contributed by atoms with van der Waals surface area (Å²) in [6.07, 6.45) is 1.27. The molecule has 6 nitrogen and oxygen atoms in total. The van der Waals surface area contributed by atoms with Crippen LogP contribution in [0.15, 0.2) is 29.2 Å². The van der Waals surface area contributed by atoms with E-state index in [0.29, 0.717) is 38.3 Å². The van der Waals surface area contributed by atoms with E-state index in [1.165, 1.54) is 4.31 Å². The van der Waals surface area contributed by atoms with Gasteiger partial charge in [-0.2, -0.15) is 4.31 Å². The summed E-state index contributed by atoms with van der Waals surface area (Å²) in [5, 5.41) is 2.97. The minimum absolute atomic E-state index is 0.0165. The lowest BCUT2D eigenvalue weighted by atomic mass is 10.1. The summed E-state index contributed by atoms with van der Waals surface area (Å²) >= 11 is 0. The molecule has 0 saturated carbocycles. The lowest BCUT2D eigenvalue weighted by molar-refractivity contribution is -0.124. The summed E-state index contributed by atoms with van der Waals surface area (Å²) < 4.78 is 32.2. The predicted octanol–water partition coefficient (Wildman–Crippen LogP) is 2.01. The highest BCUT2D eigenvalue weighted by Crippen LogP contribution is 2.23. The minimum atomic E-state index is -3.50. The van der Waals surface area contributed by atoms with Crippen LogP contribution >= 0.6 is 0 Å². The Morgan fingerprint density at radius 1 is 1.25 bits per heavy atom. The van der Waals surface area contributed by atoms with Gasteiger partial charge < -0.3 is 10.1 Å². The fourth-order valence-corrected chi connectivity index (χ4v) is 4.10. The van der Waals surface area contributed by atoms with Gasteiger partial charge in [-0.1, -0.05) is 13.8 Å². The molecule has 0 aromatic heterocycles. The second-order valence-electron chi connectivity index (χ2n) is 6.25. The molecular weight excluding hydrogens is 328 g/mol. The van der Waals surface area contributed by atoms with Crippen molar-refractivity contribution in [2.24, 2.45) is 5.92 Å². The van der Waals surface area contributed by atoms with Gasteiger partial charge >= 0.3 is 0 Å². The molecule has 7 heteroatoms. The largest absolute Gasteiger partial charge is 0.494 e. The highest BCUT2D eigenvalue weighted by atomic mass is 32.2. The minimum Gasteiger partial charge on any atom is -0.494 e. The first-order valence-corrected chi connectivity index (χ1v) is 9.82. The summed E-state index contributed by atoms with van der Waals surface area (Å²) in [7, 11) is -3.50. The standard InChI is InChI=1S/C17H26N2O4S/c1-4-23-15-5-7-16(8-6-15)24(21,22)19-11-9-14(10-12-19)18-17(20)13(2)3/h5-8,13-14H,4,9-12H2,1-3H3,(H,18,20). The normalized spacial score (nSPS) is 17.0. The molecule has 0 aliphatic carbocycles. The van der Waals surface area contributed by atoms with Crippen molar-refractivity contribution >= 4 is 15.9 Å². The Morgan fingerprint density at radius 3 is 2.33 bits per heavy atom. The number of carbonyl (C=O) groups is 1. The first kappa shape index (κ1) is 18.7. The van der Waals surface area contributed by atoms with E-state index in [2.05, 4.69) is 5.32 Å². The molecule has 1 N–H and O–H groups in total. The van der Waals surface area contributed by atoms with Crippen LogP contribution in [0.2, 0.25) is 0 Å². The van der Waals surface area contributed by atoms with Crippen molar-refractivity contribution in [3.63, 3.8) is 0 Å². The third-order valence-corrected chi connectivity index (χ3v) is 6.01. The Hall–Kier alpha value is -1.60. The van der Waals surface area contributed by atoms with Crippen LogP contribution in [0.3, 0.4) is 0 Å². The maximum absolute atomic E-state index is 12.7. The van der Waals surface area contributed by atoms with Crippen molar-refractivity contribution in [1.29, 1.82) is 0 Å². The highest BCUT2D eigenvalue weighted by molar-refractivity contribution is 7.89. The average molecular weight is 354 g/mol. The van der Waals surface area contributed by atoms with Crippen molar-refractivity contribution in [2.75, 3.05) is 19.7 Å². The molecule has 0 radical (unpaired) electrons. The van der Waals surface area contributed by atoms with E-state index in [1.54, 1.807) is 24.3 Å². The Balaban J connectivity index is 1.98. The van der Waals surface area contributed by atoms with E-state index < -0.39 is 10.0 Å². The van der Waals surface area contributed by atoms with Gasteiger partial charge in [-0.25, -0.2) is 8.42 Å². The average Bonchev–Trinajstić information content (AvgIpc) is 2.56. The molecular formula is C17H26N2O4S. The quantitative estimate of drug-likeness (QED) is 0.848. The highest BCUT2D eigenvalue weighted by Gasteiger charge is 2.30. The number of hydrogen-bond donors (Lipinski definition) is 1. The van der Waals surface area contributed by atoms with Crippen LogP contribution in [-0.4, -0.2) is 44.4 Å². The zero-order chi connectivity index (χ0) is 17.7. The number of nitrogens with one attached hydrogen (secondary N) is 1. The van der Waals surface area contributed by atoms with Crippen LogP contribution in [-0.2, 0) is 14.8 Å². The van der Waals surface area contributed by atoms with Gasteiger partial charge in [-0.05, 0) is 44.0 Å². The number of carbonyl (C=O) groups excluding carboxylic acids is 1. The molecule has 24 heavy (non-hydrogen) atoms. The van der Waals surface area contributed by atoms with Crippen LogP contribution in [0.5, 0.6) is 5.75 Å². The molecule has 1 aliphatic heterocycles. The number of amides is 1. The van der Waals surface area contributed by atoms with Gasteiger partial charge in [0.2, 0.25) is 15.9 Å². The summed E-state index contributed by atoms with van der Waals surface area (Å²) in [5.41, 5.74) is 0.